The molecule has 1 N–H and O–H groups in total. The molecule has 104 valence electrons. The van der Waals surface area contributed by atoms with Gasteiger partial charge in [0.05, 0.1) is 0 Å². The number of hydrogen-bond acceptors (Lipinski definition) is 3. The van der Waals surface area contributed by atoms with Crippen molar-refractivity contribution in [2.75, 3.05) is 32.4 Å². The first-order chi connectivity index (χ1) is 8.61. The molecular weight excluding hydrogens is 242 g/mol. The summed E-state index contributed by atoms with van der Waals surface area (Å²) in [7, 11) is 2.22. The van der Waals surface area contributed by atoms with Gasteiger partial charge in [-0.1, -0.05) is 18.7 Å². The first-order valence-corrected chi connectivity index (χ1v) is 8.24. The summed E-state index contributed by atoms with van der Waals surface area (Å²) in [6.45, 7) is 8.05. The van der Waals surface area contributed by atoms with Crippen molar-refractivity contribution in [3.05, 3.63) is 0 Å². The number of piperidine rings is 1. The van der Waals surface area contributed by atoms with Gasteiger partial charge in [0.2, 0.25) is 0 Å². The fourth-order valence-corrected chi connectivity index (χ4v) is 3.94. The third-order valence-corrected chi connectivity index (χ3v) is 5.21. The van der Waals surface area contributed by atoms with Crippen LogP contribution in [-0.4, -0.2) is 48.0 Å². The number of hydrogen-bond donors (Lipinski definition) is 1. The van der Waals surface area contributed by atoms with Gasteiger partial charge in [0.15, 0.2) is 5.17 Å². The molecule has 0 aromatic carbocycles. The molecule has 2 aliphatic rings. The van der Waals surface area contributed by atoms with E-state index in [0.29, 0.717) is 0 Å². The summed E-state index contributed by atoms with van der Waals surface area (Å²) in [6.07, 6.45) is 5.11. The van der Waals surface area contributed by atoms with Crippen molar-refractivity contribution >= 4 is 16.9 Å². The first kappa shape index (κ1) is 14.2. The van der Waals surface area contributed by atoms with Crippen LogP contribution in [0.5, 0.6) is 0 Å². The fourth-order valence-electron chi connectivity index (χ4n) is 2.71. The van der Waals surface area contributed by atoms with Crippen LogP contribution in [0.2, 0.25) is 0 Å². The molecule has 2 rings (SSSR count). The van der Waals surface area contributed by atoms with E-state index in [1.807, 2.05) is 11.8 Å². The van der Waals surface area contributed by atoms with Crippen molar-refractivity contribution in [3.8, 4) is 0 Å². The molecule has 0 saturated carbocycles. The van der Waals surface area contributed by atoms with E-state index < -0.39 is 0 Å². The first-order valence-electron chi connectivity index (χ1n) is 7.25. The molecule has 0 aliphatic carbocycles. The number of nitrogens with one attached hydrogen (secondary N) is 1. The number of amidine groups is 1. The molecular formula is C14H27N3S. The van der Waals surface area contributed by atoms with Crippen LogP contribution in [0.4, 0.5) is 0 Å². The van der Waals surface area contributed by atoms with E-state index in [4.69, 9.17) is 4.99 Å². The van der Waals surface area contributed by atoms with E-state index in [1.165, 1.54) is 49.7 Å². The molecule has 0 spiro atoms. The highest BCUT2D eigenvalue weighted by Crippen LogP contribution is 2.25. The molecule has 18 heavy (non-hydrogen) atoms. The van der Waals surface area contributed by atoms with Gasteiger partial charge >= 0.3 is 0 Å². The van der Waals surface area contributed by atoms with Crippen LogP contribution in [0.15, 0.2) is 4.99 Å². The second-order valence-electron chi connectivity index (χ2n) is 6.05. The van der Waals surface area contributed by atoms with Gasteiger partial charge in [0.25, 0.3) is 0 Å². The molecule has 3 nitrogen and oxygen atoms in total. The van der Waals surface area contributed by atoms with Crippen LogP contribution in [0.3, 0.4) is 0 Å². The van der Waals surface area contributed by atoms with Crippen molar-refractivity contribution in [3.63, 3.8) is 0 Å². The van der Waals surface area contributed by atoms with Crippen LogP contribution >= 0.6 is 11.8 Å². The fraction of sp³-hybridized carbons (Fsp3) is 0.929. The molecule has 0 bridgehead atoms. The molecule has 2 fully saturated rings. The van der Waals surface area contributed by atoms with Crippen molar-refractivity contribution in [2.45, 2.75) is 45.1 Å². The van der Waals surface area contributed by atoms with Gasteiger partial charge in [-0.25, -0.2) is 0 Å². The maximum absolute atomic E-state index is 4.83. The largest absolute Gasteiger partial charge is 0.360 e. The highest BCUT2D eigenvalue weighted by molar-refractivity contribution is 8.13. The Labute approximate surface area is 116 Å². The standard InChI is InChI=1S/C14H27N3S/c1-4-14(2)7-9-18-13(16-14)15-10-12-6-5-8-17(3)11-12/h12H,4-11H2,1-3H3,(H,15,16). The summed E-state index contributed by atoms with van der Waals surface area (Å²) in [5.74, 6) is 1.97. The number of nitrogens with zero attached hydrogens (tertiary/aromatic N) is 2. The molecule has 0 aromatic heterocycles. The zero-order valence-corrected chi connectivity index (χ0v) is 12.9. The van der Waals surface area contributed by atoms with Gasteiger partial charge in [0, 0.05) is 24.4 Å². The lowest BCUT2D eigenvalue weighted by atomic mass is 9.96. The average molecular weight is 269 g/mol. The summed E-state index contributed by atoms with van der Waals surface area (Å²) in [5, 5.41) is 4.81. The highest BCUT2D eigenvalue weighted by Gasteiger charge is 2.27. The third kappa shape index (κ3) is 3.89. The van der Waals surface area contributed by atoms with E-state index in [0.717, 1.165) is 12.5 Å². The highest BCUT2D eigenvalue weighted by atomic mass is 32.2. The molecule has 2 aliphatic heterocycles. The van der Waals surface area contributed by atoms with Gasteiger partial charge in [-0.05, 0) is 52.1 Å². The summed E-state index contributed by atoms with van der Waals surface area (Å²) < 4.78 is 0. The smallest absolute Gasteiger partial charge is 0.156 e. The SMILES string of the molecule is CCC1(C)CCSC(=NCC2CCCN(C)C2)N1. The van der Waals surface area contributed by atoms with E-state index in [2.05, 4.69) is 31.1 Å². The summed E-state index contributed by atoms with van der Waals surface area (Å²) in [5.41, 5.74) is 0.271. The molecule has 0 amide bonds. The normalized spacial score (nSPS) is 36.6. The van der Waals surface area contributed by atoms with Gasteiger partial charge in [-0.15, -0.1) is 0 Å². The van der Waals surface area contributed by atoms with Crippen LogP contribution in [0, 0.1) is 5.92 Å². The number of thioether (sulfide) groups is 1. The van der Waals surface area contributed by atoms with Crippen molar-refractivity contribution in [1.29, 1.82) is 0 Å². The van der Waals surface area contributed by atoms with Crippen LogP contribution in [0.25, 0.3) is 0 Å². The topological polar surface area (TPSA) is 27.6 Å². The van der Waals surface area contributed by atoms with Crippen LogP contribution < -0.4 is 5.32 Å². The van der Waals surface area contributed by atoms with Gasteiger partial charge in [-0.3, -0.25) is 4.99 Å². The Bertz CT molecular complexity index is 305. The molecule has 0 aromatic rings. The van der Waals surface area contributed by atoms with E-state index >= 15 is 0 Å². The predicted octanol–water partition coefficient (Wildman–Crippen LogP) is 2.58. The zero-order valence-electron chi connectivity index (χ0n) is 12.0. The lowest BCUT2D eigenvalue weighted by Crippen LogP contribution is -2.48. The lowest BCUT2D eigenvalue weighted by Gasteiger charge is -2.35. The average Bonchev–Trinajstić information content (AvgIpc) is 2.37. The van der Waals surface area contributed by atoms with E-state index in [1.54, 1.807) is 0 Å². The third-order valence-electron chi connectivity index (χ3n) is 4.30. The summed E-state index contributed by atoms with van der Waals surface area (Å²) in [4.78, 5) is 7.26. The quantitative estimate of drug-likeness (QED) is 0.853. The van der Waals surface area contributed by atoms with Crippen LogP contribution in [0.1, 0.15) is 39.5 Å². The van der Waals surface area contributed by atoms with E-state index in [9.17, 15) is 0 Å². The molecule has 2 unspecified atom stereocenters. The van der Waals surface area contributed by atoms with Gasteiger partial charge < -0.3 is 10.2 Å². The summed E-state index contributed by atoms with van der Waals surface area (Å²) in [6, 6.07) is 0. The number of aliphatic imine (C=N–C) groups is 1. The second-order valence-corrected chi connectivity index (χ2v) is 7.14. The molecule has 4 heteroatoms. The second kappa shape index (κ2) is 6.29. The number of likely N-dealkylation sites (tertiary alicyclic amines) is 1. The molecule has 2 saturated heterocycles. The Hall–Kier alpha value is -0.220. The monoisotopic (exact) mass is 269 g/mol. The van der Waals surface area contributed by atoms with Crippen molar-refractivity contribution < 1.29 is 0 Å². The van der Waals surface area contributed by atoms with E-state index in [-0.39, 0.29) is 5.54 Å². The zero-order chi connectivity index (χ0) is 13.0. The molecule has 2 heterocycles. The summed E-state index contributed by atoms with van der Waals surface area (Å²) >= 11 is 1.90. The van der Waals surface area contributed by atoms with Crippen molar-refractivity contribution in [2.24, 2.45) is 10.9 Å². The Kier molecular flexibility index (Phi) is 4.96. The maximum atomic E-state index is 4.83. The van der Waals surface area contributed by atoms with Crippen LogP contribution in [-0.2, 0) is 0 Å². The van der Waals surface area contributed by atoms with Gasteiger partial charge in [0.1, 0.15) is 0 Å². The minimum absolute atomic E-state index is 0.271. The Morgan fingerprint density at radius 3 is 3.11 bits per heavy atom. The predicted molar refractivity (Wildman–Crippen MR) is 81.4 cm³/mol. The van der Waals surface area contributed by atoms with Crippen molar-refractivity contribution in [1.82, 2.24) is 10.2 Å². The Morgan fingerprint density at radius 1 is 1.56 bits per heavy atom. The van der Waals surface area contributed by atoms with Gasteiger partial charge in [-0.2, -0.15) is 0 Å². The Balaban J connectivity index is 1.85. The maximum Gasteiger partial charge on any atom is 0.156 e. The molecule has 2 atom stereocenters. The Morgan fingerprint density at radius 2 is 2.39 bits per heavy atom. The lowest BCUT2D eigenvalue weighted by molar-refractivity contribution is 0.214. The minimum Gasteiger partial charge on any atom is -0.360 e. The minimum atomic E-state index is 0.271. The molecule has 0 radical (unpaired) electrons. The number of rotatable bonds is 3.